The summed E-state index contributed by atoms with van der Waals surface area (Å²) in [6, 6.07) is 6.75. The Hall–Kier alpha value is -2.56. The smallest absolute Gasteiger partial charge is 0.257 e. The quantitative estimate of drug-likeness (QED) is 0.666. The molecule has 0 atom stereocenters. The van der Waals surface area contributed by atoms with Crippen LogP contribution < -0.4 is 11.1 Å². The lowest BCUT2D eigenvalue weighted by Crippen LogP contribution is -2.40. The van der Waals surface area contributed by atoms with Crippen LogP contribution in [0.4, 0.5) is 20.2 Å². The fraction of sp³-hybridized carbons (Fsp3) is 0.278. The summed E-state index contributed by atoms with van der Waals surface area (Å²) in [5, 5.41) is 11.9. The minimum absolute atomic E-state index is 0.0398. The molecule has 0 radical (unpaired) electrons. The average Bonchev–Trinajstić information content (AvgIpc) is 2.61. The molecular weight excluding hydrogens is 392 g/mol. The Labute approximate surface area is 160 Å². The van der Waals surface area contributed by atoms with Crippen LogP contribution in [0.25, 0.3) is 0 Å². The summed E-state index contributed by atoms with van der Waals surface area (Å²) in [6.45, 7) is 0.0796. The van der Waals surface area contributed by atoms with Gasteiger partial charge in [-0.2, -0.15) is 4.31 Å². The van der Waals surface area contributed by atoms with Crippen molar-refractivity contribution in [1.82, 2.24) is 4.31 Å². The fourth-order valence-electron chi connectivity index (χ4n) is 2.95. The molecule has 2 aromatic rings. The van der Waals surface area contributed by atoms with E-state index in [1.165, 1.54) is 18.2 Å². The molecule has 7 nitrogen and oxygen atoms in total. The normalized spacial score (nSPS) is 16.1. The van der Waals surface area contributed by atoms with Crippen LogP contribution in [0.15, 0.2) is 41.3 Å². The number of amides is 1. The zero-order valence-electron chi connectivity index (χ0n) is 14.7. The Morgan fingerprint density at radius 2 is 1.86 bits per heavy atom. The number of nitrogens with two attached hydrogens (primary N) is 1. The summed E-state index contributed by atoms with van der Waals surface area (Å²) >= 11 is 0. The van der Waals surface area contributed by atoms with Crippen molar-refractivity contribution in [3.05, 3.63) is 53.6 Å². The molecule has 1 heterocycles. The number of aliphatic hydroxyl groups is 1. The molecule has 0 aliphatic carbocycles. The molecular formula is C18H19F2N3O4S. The maximum Gasteiger partial charge on any atom is 0.257 e. The van der Waals surface area contributed by atoms with Gasteiger partial charge in [0.25, 0.3) is 5.91 Å². The Morgan fingerprint density at radius 3 is 2.50 bits per heavy atom. The molecule has 3 rings (SSSR count). The third-order valence-corrected chi connectivity index (χ3v) is 6.39. The number of anilines is 2. The number of nitrogen functional groups attached to an aromatic ring is 1. The van der Waals surface area contributed by atoms with Gasteiger partial charge in [0.1, 0.15) is 16.5 Å². The molecule has 1 aliphatic rings. The van der Waals surface area contributed by atoms with Gasteiger partial charge in [0.15, 0.2) is 0 Å². The van der Waals surface area contributed by atoms with Crippen LogP contribution in [0.3, 0.4) is 0 Å². The largest absolute Gasteiger partial charge is 0.398 e. The summed E-state index contributed by atoms with van der Waals surface area (Å²) in [4.78, 5) is 11.8. The number of aliphatic hydroxyl groups excluding tert-OH is 1. The first kappa shape index (κ1) is 20.2. The van der Waals surface area contributed by atoms with Gasteiger partial charge in [-0.3, -0.25) is 4.79 Å². The van der Waals surface area contributed by atoms with Crippen LogP contribution in [0.2, 0.25) is 0 Å². The molecule has 10 heteroatoms. The van der Waals surface area contributed by atoms with Gasteiger partial charge in [0.05, 0.1) is 11.7 Å². The predicted molar refractivity (Wildman–Crippen MR) is 99.2 cm³/mol. The summed E-state index contributed by atoms with van der Waals surface area (Å²) in [6.07, 6.45) is -0.124. The average molecular weight is 411 g/mol. The van der Waals surface area contributed by atoms with Gasteiger partial charge in [-0.15, -0.1) is 0 Å². The molecule has 1 aliphatic heterocycles. The van der Waals surface area contributed by atoms with Crippen LogP contribution in [-0.2, 0) is 10.0 Å². The second-order valence-electron chi connectivity index (χ2n) is 6.47. The minimum Gasteiger partial charge on any atom is -0.398 e. The highest BCUT2D eigenvalue weighted by Crippen LogP contribution is 2.27. The third kappa shape index (κ3) is 4.13. The number of hydrogen-bond acceptors (Lipinski definition) is 5. The van der Waals surface area contributed by atoms with Gasteiger partial charge in [0, 0.05) is 24.5 Å². The summed E-state index contributed by atoms with van der Waals surface area (Å²) in [5.41, 5.74) is 5.34. The van der Waals surface area contributed by atoms with Gasteiger partial charge in [-0.05, 0) is 43.2 Å². The Kier molecular flexibility index (Phi) is 5.64. The van der Waals surface area contributed by atoms with E-state index in [1.54, 1.807) is 0 Å². The highest BCUT2D eigenvalue weighted by molar-refractivity contribution is 7.89. The molecule has 2 aromatic carbocycles. The Bertz CT molecular complexity index is 1010. The Balaban J connectivity index is 1.93. The van der Waals surface area contributed by atoms with Gasteiger partial charge in [0.2, 0.25) is 10.0 Å². The van der Waals surface area contributed by atoms with Gasteiger partial charge < -0.3 is 16.2 Å². The van der Waals surface area contributed by atoms with E-state index in [0.717, 1.165) is 22.5 Å². The first-order valence-electron chi connectivity index (χ1n) is 8.52. The molecule has 4 N–H and O–H groups in total. The molecule has 0 spiro atoms. The number of carbonyl (C=O) groups excluding carboxylic acids is 1. The zero-order valence-corrected chi connectivity index (χ0v) is 15.5. The van der Waals surface area contributed by atoms with Gasteiger partial charge in [-0.25, -0.2) is 17.2 Å². The molecule has 1 amide bonds. The lowest BCUT2D eigenvalue weighted by Gasteiger charge is -2.29. The van der Waals surface area contributed by atoms with Crippen molar-refractivity contribution < 1.29 is 27.1 Å². The van der Waals surface area contributed by atoms with Crippen molar-refractivity contribution in [3.8, 4) is 0 Å². The van der Waals surface area contributed by atoms with E-state index in [-0.39, 0.29) is 42.9 Å². The van der Waals surface area contributed by atoms with E-state index in [4.69, 9.17) is 5.73 Å². The summed E-state index contributed by atoms with van der Waals surface area (Å²) < 4.78 is 54.3. The number of piperidine rings is 1. The highest BCUT2D eigenvalue weighted by Gasteiger charge is 2.32. The van der Waals surface area contributed by atoms with Crippen molar-refractivity contribution in [2.75, 3.05) is 24.1 Å². The molecule has 1 saturated heterocycles. The van der Waals surface area contributed by atoms with Crippen LogP contribution >= 0.6 is 0 Å². The van der Waals surface area contributed by atoms with Crippen LogP contribution in [0.1, 0.15) is 23.2 Å². The van der Waals surface area contributed by atoms with E-state index in [1.807, 2.05) is 0 Å². The van der Waals surface area contributed by atoms with Crippen LogP contribution in [-0.4, -0.2) is 42.9 Å². The number of nitrogens with zero attached hydrogens (tertiary/aromatic N) is 1. The molecule has 0 saturated carbocycles. The SMILES string of the molecule is Nc1cc(F)c(S(=O)(=O)N2CCC(O)CC2)cc1C(=O)Nc1cccc(F)c1. The number of halogens is 2. The lowest BCUT2D eigenvalue weighted by atomic mass is 10.1. The fourth-order valence-corrected chi connectivity index (χ4v) is 4.49. The number of hydrogen-bond donors (Lipinski definition) is 3. The minimum atomic E-state index is -4.22. The molecule has 0 bridgehead atoms. The third-order valence-electron chi connectivity index (χ3n) is 4.47. The first-order chi connectivity index (χ1) is 13.2. The monoisotopic (exact) mass is 411 g/mol. The van der Waals surface area contributed by atoms with E-state index in [2.05, 4.69) is 5.32 Å². The van der Waals surface area contributed by atoms with E-state index < -0.39 is 38.6 Å². The standard InChI is InChI=1S/C18H19F2N3O4S/c19-11-2-1-3-12(8-11)22-18(25)14-9-17(15(20)10-16(14)21)28(26,27)23-6-4-13(24)5-7-23/h1-3,8-10,13,24H,4-7,21H2,(H,22,25). The van der Waals surface area contributed by atoms with E-state index in [9.17, 15) is 27.1 Å². The summed E-state index contributed by atoms with van der Waals surface area (Å²) in [5.74, 6) is -2.44. The molecule has 150 valence electrons. The van der Waals surface area contributed by atoms with Crippen molar-refractivity contribution in [2.45, 2.75) is 23.8 Å². The maximum absolute atomic E-state index is 14.4. The van der Waals surface area contributed by atoms with Crippen molar-refractivity contribution >= 4 is 27.3 Å². The molecule has 28 heavy (non-hydrogen) atoms. The van der Waals surface area contributed by atoms with Crippen LogP contribution in [0.5, 0.6) is 0 Å². The van der Waals surface area contributed by atoms with Gasteiger partial charge in [-0.1, -0.05) is 6.07 Å². The number of nitrogens with one attached hydrogen (secondary N) is 1. The highest BCUT2D eigenvalue weighted by atomic mass is 32.2. The van der Waals surface area contributed by atoms with Gasteiger partial charge >= 0.3 is 0 Å². The maximum atomic E-state index is 14.4. The summed E-state index contributed by atoms with van der Waals surface area (Å²) in [7, 11) is -4.22. The number of carbonyl (C=O) groups is 1. The van der Waals surface area contributed by atoms with Crippen molar-refractivity contribution in [1.29, 1.82) is 0 Å². The topological polar surface area (TPSA) is 113 Å². The van der Waals surface area contributed by atoms with E-state index >= 15 is 0 Å². The molecule has 0 aromatic heterocycles. The Morgan fingerprint density at radius 1 is 1.18 bits per heavy atom. The molecule has 0 unspecified atom stereocenters. The first-order valence-corrected chi connectivity index (χ1v) is 9.96. The van der Waals surface area contributed by atoms with Crippen molar-refractivity contribution in [3.63, 3.8) is 0 Å². The van der Waals surface area contributed by atoms with E-state index in [0.29, 0.717) is 0 Å². The number of rotatable bonds is 4. The predicted octanol–water partition coefficient (Wildman–Crippen LogP) is 1.94. The zero-order chi connectivity index (χ0) is 20.5. The van der Waals surface area contributed by atoms with Crippen LogP contribution in [0, 0.1) is 11.6 Å². The second kappa shape index (κ2) is 7.82. The van der Waals surface area contributed by atoms with Crippen molar-refractivity contribution in [2.24, 2.45) is 0 Å². The lowest BCUT2D eigenvalue weighted by molar-refractivity contribution is 0.102. The number of sulfonamides is 1. The molecule has 1 fully saturated rings. The second-order valence-corrected chi connectivity index (χ2v) is 8.38. The number of benzene rings is 2.